The van der Waals surface area contributed by atoms with E-state index >= 15 is 0 Å². The van der Waals surface area contributed by atoms with Crippen LogP contribution >= 0.6 is 22.9 Å². The molecule has 4 heterocycles. The van der Waals surface area contributed by atoms with Crippen LogP contribution in [0.3, 0.4) is 0 Å². The highest BCUT2D eigenvalue weighted by Crippen LogP contribution is 2.34. The Morgan fingerprint density at radius 3 is 2.64 bits per heavy atom. The number of thiazole rings is 1. The second-order valence-corrected chi connectivity index (χ2v) is 12.1. The van der Waals surface area contributed by atoms with Crippen LogP contribution in [0.2, 0.25) is 5.02 Å². The van der Waals surface area contributed by atoms with Gasteiger partial charge in [0.25, 0.3) is 11.5 Å². The molecule has 0 aliphatic carbocycles. The molecule has 1 saturated heterocycles. The number of nitrogens with zero attached hydrogens (tertiary/aromatic N) is 4. The van der Waals surface area contributed by atoms with Crippen LogP contribution in [-0.4, -0.2) is 57.6 Å². The molecule has 45 heavy (non-hydrogen) atoms. The van der Waals surface area contributed by atoms with E-state index in [9.17, 15) is 22.8 Å². The summed E-state index contributed by atoms with van der Waals surface area (Å²) in [7, 11) is 0. The molecule has 1 aromatic carbocycles. The number of halogens is 4. The predicted octanol–water partition coefficient (Wildman–Crippen LogP) is 6.95. The third-order valence-electron chi connectivity index (χ3n) is 7.10. The minimum atomic E-state index is -4.57. The molecule has 0 spiro atoms. The van der Waals surface area contributed by atoms with E-state index in [0.29, 0.717) is 59.7 Å². The number of amides is 1. The van der Waals surface area contributed by atoms with Gasteiger partial charge in [-0.1, -0.05) is 17.2 Å². The van der Waals surface area contributed by atoms with Gasteiger partial charge in [0.2, 0.25) is 0 Å². The van der Waals surface area contributed by atoms with Gasteiger partial charge in [-0.3, -0.25) is 19.1 Å². The van der Waals surface area contributed by atoms with Gasteiger partial charge in [0.15, 0.2) is 0 Å². The SMILES string of the molecule is CCOc1ccc(Cl)cc1-n1c(C=C(C)C)c(C(=O)N2CCN[C@H](C)C2)cc(-c2nc(-c3ccc(C(F)(F)F)nc3)cs2)c1=O. The zero-order chi connectivity index (χ0) is 32.5. The normalized spacial score (nSPS) is 15.2. The van der Waals surface area contributed by atoms with Gasteiger partial charge in [-0.05, 0) is 70.2 Å². The summed E-state index contributed by atoms with van der Waals surface area (Å²) in [6, 6.07) is 8.75. The topological polar surface area (TPSA) is 89.3 Å². The number of alkyl halides is 3. The lowest BCUT2D eigenvalue weighted by Crippen LogP contribution is -2.51. The molecule has 1 fully saturated rings. The van der Waals surface area contributed by atoms with E-state index in [1.165, 1.54) is 10.6 Å². The van der Waals surface area contributed by atoms with Gasteiger partial charge in [0.05, 0.1) is 34.8 Å². The summed E-state index contributed by atoms with van der Waals surface area (Å²) in [6.07, 6.45) is -1.70. The lowest BCUT2D eigenvalue weighted by Gasteiger charge is -2.32. The number of carbonyl (C=O) groups excluding carboxylic acids is 1. The summed E-state index contributed by atoms with van der Waals surface area (Å²) < 4.78 is 46.5. The number of nitrogens with one attached hydrogen (secondary N) is 1. The second-order valence-electron chi connectivity index (χ2n) is 10.8. The van der Waals surface area contributed by atoms with Gasteiger partial charge >= 0.3 is 6.18 Å². The van der Waals surface area contributed by atoms with E-state index in [0.717, 1.165) is 29.2 Å². The molecule has 4 aromatic rings. The largest absolute Gasteiger partial charge is 0.492 e. The molecule has 1 amide bonds. The third-order valence-corrected chi connectivity index (χ3v) is 8.21. The van der Waals surface area contributed by atoms with Gasteiger partial charge in [0.1, 0.15) is 16.5 Å². The first-order valence-electron chi connectivity index (χ1n) is 14.3. The number of pyridine rings is 2. The molecule has 0 unspecified atom stereocenters. The Morgan fingerprint density at radius 2 is 2.00 bits per heavy atom. The molecule has 3 aromatic heterocycles. The molecule has 1 atom stereocenters. The first-order chi connectivity index (χ1) is 21.4. The summed E-state index contributed by atoms with van der Waals surface area (Å²) in [5.74, 6) is 0.143. The first-order valence-corrected chi connectivity index (χ1v) is 15.5. The number of hydrogen-bond acceptors (Lipinski definition) is 7. The van der Waals surface area contributed by atoms with Crippen molar-refractivity contribution in [1.29, 1.82) is 0 Å². The fourth-order valence-electron chi connectivity index (χ4n) is 5.08. The first kappa shape index (κ1) is 32.4. The van der Waals surface area contributed by atoms with Gasteiger partial charge in [-0.15, -0.1) is 11.3 Å². The highest BCUT2D eigenvalue weighted by atomic mass is 35.5. The number of benzene rings is 1. The predicted molar refractivity (Wildman–Crippen MR) is 170 cm³/mol. The number of rotatable bonds is 7. The number of piperazine rings is 1. The fourth-order valence-corrected chi connectivity index (χ4v) is 6.09. The molecule has 1 N–H and O–H groups in total. The van der Waals surface area contributed by atoms with Crippen molar-refractivity contribution in [3.05, 3.63) is 85.9 Å². The number of ether oxygens (including phenoxy) is 1. The smallest absolute Gasteiger partial charge is 0.433 e. The minimum Gasteiger partial charge on any atom is -0.492 e. The monoisotopic (exact) mass is 657 g/mol. The lowest BCUT2D eigenvalue weighted by molar-refractivity contribution is -0.141. The molecular formula is C32H31ClF3N5O3S. The van der Waals surface area contributed by atoms with Gasteiger partial charge in [-0.25, -0.2) is 4.98 Å². The average Bonchev–Trinajstić information content (AvgIpc) is 3.48. The lowest BCUT2D eigenvalue weighted by atomic mass is 10.0. The van der Waals surface area contributed by atoms with E-state index in [1.54, 1.807) is 40.6 Å². The Bertz CT molecular complexity index is 1810. The van der Waals surface area contributed by atoms with Crippen molar-refractivity contribution in [1.82, 2.24) is 24.8 Å². The fraction of sp³-hybridized carbons (Fsp3) is 0.312. The summed E-state index contributed by atoms with van der Waals surface area (Å²) in [5, 5.41) is 5.63. The number of hydrogen-bond donors (Lipinski definition) is 1. The molecule has 13 heteroatoms. The van der Waals surface area contributed by atoms with E-state index in [1.807, 2.05) is 27.7 Å². The summed E-state index contributed by atoms with van der Waals surface area (Å²) in [4.78, 5) is 38.6. The molecule has 1 aliphatic rings. The van der Waals surface area contributed by atoms with Crippen molar-refractivity contribution in [3.63, 3.8) is 0 Å². The summed E-state index contributed by atoms with van der Waals surface area (Å²) >= 11 is 7.57. The molecule has 1 aliphatic heterocycles. The average molecular weight is 658 g/mol. The zero-order valence-corrected chi connectivity index (χ0v) is 26.6. The van der Waals surface area contributed by atoms with Crippen molar-refractivity contribution in [2.24, 2.45) is 0 Å². The summed E-state index contributed by atoms with van der Waals surface area (Å²) in [5.41, 5.74) is 1.22. The third kappa shape index (κ3) is 6.98. The molecular weight excluding hydrogens is 627 g/mol. The molecule has 0 bridgehead atoms. The van der Waals surface area contributed by atoms with Crippen molar-refractivity contribution in [2.45, 2.75) is 39.9 Å². The van der Waals surface area contributed by atoms with Crippen molar-refractivity contribution in [3.8, 4) is 33.3 Å². The van der Waals surface area contributed by atoms with Crippen LogP contribution in [0.15, 0.2) is 58.3 Å². The Labute approximate surface area is 267 Å². The second kappa shape index (κ2) is 13.2. The van der Waals surface area contributed by atoms with Crippen molar-refractivity contribution < 1.29 is 22.7 Å². The Morgan fingerprint density at radius 1 is 1.22 bits per heavy atom. The maximum atomic E-state index is 14.5. The van der Waals surface area contributed by atoms with E-state index in [-0.39, 0.29) is 28.1 Å². The number of carbonyl (C=O) groups is 1. The van der Waals surface area contributed by atoms with Crippen LogP contribution in [0.4, 0.5) is 13.2 Å². The Kier molecular flexibility index (Phi) is 9.47. The van der Waals surface area contributed by atoms with E-state index in [2.05, 4.69) is 15.3 Å². The molecule has 0 radical (unpaired) electrons. The minimum absolute atomic E-state index is 0.0799. The van der Waals surface area contributed by atoms with Crippen LogP contribution in [0, 0.1) is 0 Å². The molecule has 5 rings (SSSR count). The standard InChI is InChI=1S/C32H31ClF3N5O3S/c1-5-44-27-8-7-21(33)13-26(27)41-25(12-18(2)3)22(30(42)40-11-10-37-19(4)16-40)14-23(31(41)43)29-39-24(17-45-29)20-6-9-28(38-15-20)32(34,35)36/h6-9,12-15,17,19,37H,5,10-11,16H2,1-4H3/t19-/m1/s1. The van der Waals surface area contributed by atoms with Gasteiger partial charge in [-0.2, -0.15) is 13.2 Å². The van der Waals surface area contributed by atoms with Crippen LogP contribution in [0.5, 0.6) is 5.75 Å². The van der Waals surface area contributed by atoms with Gasteiger partial charge < -0.3 is 15.0 Å². The van der Waals surface area contributed by atoms with E-state index in [4.69, 9.17) is 16.3 Å². The highest BCUT2D eigenvalue weighted by Gasteiger charge is 2.32. The van der Waals surface area contributed by atoms with Crippen LogP contribution < -0.4 is 15.6 Å². The highest BCUT2D eigenvalue weighted by molar-refractivity contribution is 7.13. The van der Waals surface area contributed by atoms with Crippen LogP contribution in [-0.2, 0) is 6.18 Å². The molecule has 0 saturated carbocycles. The number of allylic oxidation sites excluding steroid dienone is 1. The Hall–Kier alpha value is -4.00. The van der Waals surface area contributed by atoms with Gasteiger partial charge in [0, 0.05) is 47.8 Å². The van der Waals surface area contributed by atoms with Crippen LogP contribution in [0.25, 0.3) is 33.6 Å². The quantitative estimate of drug-likeness (QED) is 0.231. The molecule has 236 valence electrons. The number of aromatic nitrogens is 3. The summed E-state index contributed by atoms with van der Waals surface area (Å²) in [6.45, 7) is 9.46. The maximum absolute atomic E-state index is 14.5. The van der Waals surface area contributed by atoms with E-state index < -0.39 is 17.4 Å². The Balaban J connectivity index is 1.75. The molecule has 8 nitrogen and oxygen atoms in total. The van der Waals surface area contributed by atoms with Crippen molar-refractivity contribution >= 4 is 34.9 Å². The maximum Gasteiger partial charge on any atom is 0.433 e. The van der Waals surface area contributed by atoms with Crippen molar-refractivity contribution in [2.75, 3.05) is 26.2 Å². The van der Waals surface area contributed by atoms with Crippen LogP contribution in [0.1, 0.15) is 49.4 Å². The zero-order valence-electron chi connectivity index (χ0n) is 25.0.